The van der Waals surface area contributed by atoms with Crippen LogP contribution in [-0.2, 0) is 17.6 Å². The summed E-state index contributed by atoms with van der Waals surface area (Å²) < 4.78 is 6.10. The van der Waals surface area contributed by atoms with E-state index in [0.29, 0.717) is 11.8 Å². The van der Waals surface area contributed by atoms with E-state index in [1.165, 1.54) is 22.9 Å². The molecule has 2 unspecified atom stereocenters. The third kappa shape index (κ3) is 4.41. The van der Waals surface area contributed by atoms with Gasteiger partial charge in [0.15, 0.2) is 0 Å². The van der Waals surface area contributed by atoms with E-state index >= 15 is 0 Å². The number of aryl methyl sites for hydroxylation is 2. The molecule has 1 saturated carbocycles. The van der Waals surface area contributed by atoms with Crippen molar-refractivity contribution in [1.82, 2.24) is 5.32 Å². The molecule has 1 heterocycles. The van der Waals surface area contributed by atoms with Crippen LogP contribution in [-0.4, -0.2) is 12.5 Å². The molecule has 3 aromatic rings. The molecule has 0 saturated heterocycles. The number of unbranched alkanes of at least 4 members (excludes halogenated alkanes) is 1. The van der Waals surface area contributed by atoms with Gasteiger partial charge in [-0.2, -0.15) is 0 Å². The summed E-state index contributed by atoms with van der Waals surface area (Å²) in [4.78, 5) is 11.1. The number of nitrogens with one attached hydrogen (secondary N) is 1. The summed E-state index contributed by atoms with van der Waals surface area (Å²) in [7, 11) is 0. The van der Waals surface area contributed by atoms with Gasteiger partial charge in [0.2, 0.25) is 5.91 Å². The minimum absolute atomic E-state index is 0.0555. The molecule has 3 heteroatoms. The Hall–Kier alpha value is -2.55. The molecule has 140 valence electrons. The lowest BCUT2D eigenvalue weighted by Gasteiger charge is -2.03. The molecule has 27 heavy (non-hydrogen) atoms. The van der Waals surface area contributed by atoms with Gasteiger partial charge in [0.25, 0.3) is 0 Å². The van der Waals surface area contributed by atoms with Crippen LogP contribution in [0.5, 0.6) is 0 Å². The van der Waals surface area contributed by atoms with E-state index in [2.05, 4.69) is 59.9 Å². The largest absolute Gasteiger partial charge is 0.461 e. The molecular weight excluding hydrogens is 334 g/mol. The molecule has 4 rings (SSSR count). The molecule has 1 amide bonds. The number of furan rings is 1. The average Bonchev–Trinajstić information content (AvgIpc) is 3.33. The van der Waals surface area contributed by atoms with Crippen molar-refractivity contribution in [2.75, 3.05) is 6.54 Å². The number of benzene rings is 2. The van der Waals surface area contributed by atoms with Crippen LogP contribution in [0.1, 0.15) is 49.0 Å². The number of fused-ring (bicyclic) bond motifs is 1. The summed E-state index contributed by atoms with van der Waals surface area (Å²) in [6.45, 7) is 2.36. The van der Waals surface area contributed by atoms with E-state index in [-0.39, 0.29) is 5.91 Å². The maximum atomic E-state index is 11.1. The minimum atomic E-state index is 0.0555. The van der Waals surface area contributed by atoms with Crippen LogP contribution in [0, 0.1) is 5.92 Å². The third-order valence-electron chi connectivity index (χ3n) is 5.56. The highest BCUT2D eigenvalue weighted by Gasteiger charge is 2.39. The summed E-state index contributed by atoms with van der Waals surface area (Å²) in [5, 5.41) is 4.20. The third-order valence-corrected chi connectivity index (χ3v) is 5.56. The Kier molecular flexibility index (Phi) is 5.28. The standard InChI is InChI=1S/C24H27NO2/c1-17(26)25-16-19-14-22(19)21-12-7-13-24-23(21)15-20(27-24)11-6-5-10-18-8-3-2-4-9-18/h2-4,7-9,12-13,15,19,22H,5-6,10-11,14,16H2,1H3,(H,25,26). The van der Waals surface area contributed by atoms with Gasteiger partial charge >= 0.3 is 0 Å². The maximum absolute atomic E-state index is 11.1. The van der Waals surface area contributed by atoms with Crippen LogP contribution in [0.2, 0.25) is 0 Å². The summed E-state index contributed by atoms with van der Waals surface area (Å²) in [5.74, 6) is 2.25. The Balaban J connectivity index is 1.36. The highest BCUT2D eigenvalue weighted by atomic mass is 16.3. The summed E-state index contributed by atoms with van der Waals surface area (Å²) in [6.07, 6.45) is 5.57. The zero-order valence-corrected chi connectivity index (χ0v) is 15.9. The quantitative estimate of drug-likeness (QED) is 0.558. The van der Waals surface area contributed by atoms with Gasteiger partial charge in [-0.25, -0.2) is 0 Å². The van der Waals surface area contributed by atoms with Crippen molar-refractivity contribution in [3.63, 3.8) is 0 Å². The number of amides is 1. The molecule has 0 bridgehead atoms. The lowest BCUT2D eigenvalue weighted by Crippen LogP contribution is -2.22. The topological polar surface area (TPSA) is 42.2 Å². The smallest absolute Gasteiger partial charge is 0.216 e. The van der Waals surface area contributed by atoms with Crippen molar-refractivity contribution in [3.8, 4) is 0 Å². The average molecular weight is 361 g/mol. The van der Waals surface area contributed by atoms with Gasteiger partial charge in [-0.3, -0.25) is 4.79 Å². The SMILES string of the molecule is CC(=O)NCC1CC1c1cccc2oc(CCCCc3ccccc3)cc12. The van der Waals surface area contributed by atoms with Gasteiger partial charge in [0.05, 0.1) is 0 Å². The molecule has 1 N–H and O–H groups in total. The lowest BCUT2D eigenvalue weighted by molar-refractivity contribution is -0.119. The van der Waals surface area contributed by atoms with E-state index in [4.69, 9.17) is 4.42 Å². The number of hydrogen-bond donors (Lipinski definition) is 1. The molecule has 1 aliphatic carbocycles. The molecule has 0 spiro atoms. The molecule has 2 atom stereocenters. The Morgan fingerprint density at radius 2 is 1.89 bits per heavy atom. The molecular formula is C24H27NO2. The predicted molar refractivity (Wildman–Crippen MR) is 109 cm³/mol. The molecule has 2 aromatic carbocycles. The second kappa shape index (κ2) is 7.99. The van der Waals surface area contributed by atoms with Crippen molar-refractivity contribution in [2.45, 2.75) is 44.9 Å². The second-order valence-electron chi connectivity index (χ2n) is 7.70. The van der Waals surface area contributed by atoms with Crippen molar-refractivity contribution >= 4 is 16.9 Å². The van der Waals surface area contributed by atoms with Crippen LogP contribution in [0.25, 0.3) is 11.0 Å². The van der Waals surface area contributed by atoms with Crippen LogP contribution in [0.3, 0.4) is 0 Å². The fourth-order valence-electron chi connectivity index (χ4n) is 3.98. The van der Waals surface area contributed by atoms with E-state index in [1.807, 2.05) is 0 Å². The van der Waals surface area contributed by atoms with Crippen LogP contribution < -0.4 is 5.32 Å². The number of hydrogen-bond acceptors (Lipinski definition) is 2. The van der Waals surface area contributed by atoms with Crippen molar-refractivity contribution in [1.29, 1.82) is 0 Å². The minimum Gasteiger partial charge on any atom is -0.461 e. The molecule has 3 nitrogen and oxygen atoms in total. The molecule has 0 aliphatic heterocycles. The van der Waals surface area contributed by atoms with E-state index < -0.39 is 0 Å². The Morgan fingerprint density at radius 3 is 2.70 bits per heavy atom. The van der Waals surface area contributed by atoms with Gasteiger partial charge in [-0.15, -0.1) is 0 Å². The van der Waals surface area contributed by atoms with E-state index in [0.717, 1.165) is 43.6 Å². The number of rotatable bonds is 8. The molecule has 1 fully saturated rings. The fraction of sp³-hybridized carbons (Fsp3) is 0.375. The predicted octanol–water partition coefficient (Wildman–Crippen LogP) is 5.24. The molecule has 0 radical (unpaired) electrons. The van der Waals surface area contributed by atoms with Crippen LogP contribution >= 0.6 is 0 Å². The van der Waals surface area contributed by atoms with Gasteiger partial charge in [-0.1, -0.05) is 42.5 Å². The highest BCUT2D eigenvalue weighted by molar-refractivity contribution is 5.83. The second-order valence-corrected chi connectivity index (χ2v) is 7.70. The van der Waals surface area contributed by atoms with Crippen LogP contribution in [0.4, 0.5) is 0 Å². The Labute approximate surface area is 160 Å². The van der Waals surface area contributed by atoms with Gasteiger partial charge in [0.1, 0.15) is 11.3 Å². The summed E-state index contributed by atoms with van der Waals surface area (Å²) in [6, 6.07) is 19.3. The van der Waals surface area contributed by atoms with E-state index in [9.17, 15) is 4.79 Å². The van der Waals surface area contributed by atoms with Gasteiger partial charge in [0, 0.05) is 25.3 Å². The van der Waals surface area contributed by atoms with Crippen LogP contribution in [0.15, 0.2) is 59.0 Å². The zero-order valence-electron chi connectivity index (χ0n) is 15.9. The number of carbonyl (C=O) groups excluding carboxylic acids is 1. The first-order valence-corrected chi connectivity index (χ1v) is 10.0. The first-order valence-electron chi connectivity index (χ1n) is 10.0. The summed E-state index contributed by atoms with van der Waals surface area (Å²) >= 11 is 0. The lowest BCUT2D eigenvalue weighted by atomic mass is 10.0. The van der Waals surface area contributed by atoms with Gasteiger partial charge < -0.3 is 9.73 Å². The normalized spacial score (nSPS) is 18.6. The van der Waals surface area contributed by atoms with Crippen molar-refractivity contribution < 1.29 is 9.21 Å². The summed E-state index contributed by atoms with van der Waals surface area (Å²) in [5.41, 5.74) is 3.78. The maximum Gasteiger partial charge on any atom is 0.216 e. The zero-order chi connectivity index (χ0) is 18.6. The number of carbonyl (C=O) groups is 1. The monoisotopic (exact) mass is 361 g/mol. The fourth-order valence-corrected chi connectivity index (χ4v) is 3.98. The molecule has 1 aliphatic rings. The van der Waals surface area contributed by atoms with E-state index in [1.54, 1.807) is 6.92 Å². The first-order chi connectivity index (χ1) is 13.2. The Morgan fingerprint density at radius 1 is 1.07 bits per heavy atom. The Bertz CT molecular complexity index is 913. The first kappa shape index (κ1) is 17.8. The highest BCUT2D eigenvalue weighted by Crippen LogP contribution is 2.49. The molecule has 1 aromatic heterocycles. The van der Waals surface area contributed by atoms with Crippen molar-refractivity contribution in [3.05, 3.63) is 71.5 Å². The van der Waals surface area contributed by atoms with Crippen molar-refractivity contribution in [2.24, 2.45) is 5.92 Å². The van der Waals surface area contributed by atoms with Gasteiger partial charge in [-0.05, 0) is 60.8 Å².